The summed E-state index contributed by atoms with van der Waals surface area (Å²) in [6.45, 7) is 2.42. The minimum atomic E-state index is -0.218. The minimum absolute atomic E-state index is 0.194. The van der Waals surface area contributed by atoms with Crippen molar-refractivity contribution >= 4 is 6.03 Å². The zero-order chi connectivity index (χ0) is 14.4. The van der Waals surface area contributed by atoms with Crippen LogP contribution in [-0.4, -0.2) is 32.3 Å². The Hall–Kier alpha value is -2.44. The Bertz CT molecular complexity index is 553. The summed E-state index contributed by atoms with van der Waals surface area (Å²) in [7, 11) is 1.84. The number of carbonyl (C=O) groups is 1. The Morgan fingerprint density at radius 3 is 3.00 bits per heavy atom. The van der Waals surface area contributed by atoms with Gasteiger partial charge in [0.05, 0.1) is 6.04 Å². The third-order valence-corrected chi connectivity index (χ3v) is 2.90. The molecule has 2 rings (SSSR count). The molecule has 0 radical (unpaired) electrons. The van der Waals surface area contributed by atoms with E-state index < -0.39 is 0 Å². The van der Waals surface area contributed by atoms with Gasteiger partial charge in [-0.25, -0.2) is 4.79 Å². The van der Waals surface area contributed by atoms with Crippen molar-refractivity contribution in [3.63, 3.8) is 0 Å². The molecule has 2 aromatic heterocycles. The summed E-state index contributed by atoms with van der Waals surface area (Å²) in [5.74, 6) is 0.715. The molecule has 0 spiro atoms. The molecule has 20 heavy (non-hydrogen) atoms. The van der Waals surface area contributed by atoms with Crippen LogP contribution < -0.4 is 10.6 Å². The number of hydrogen-bond acceptors (Lipinski definition) is 4. The molecule has 1 atom stereocenters. The number of carbonyl (C=O) groups excluding carboxylic acids is 1. The number of hydrogen-bond donors (Lipinski definition) is 2. The quantitative estimate of drug-likeness (QED) is 0.845. The number of pyridine rings is 1. The maximum absolute atomic E-state index is 11.8. The Labute approximate surface area is 117 Å². The van der Waals surface area contributed by atoms with E-state index in [-0.39, 0.29) is 12.1 Å². The van der Waals surface area contributed by atoms with E-state index >= 15 is 0 Å². The highest BCUT2D eigenvalue weighted by Gasteiger charge is 2.13. The number of aromatic nitrogens is 4. The van der Waals surface area contributed by atoms with E-state index in [0.29, 0.717) is 12.4 Å². The van der Waals surface area contributed by atoms with E-state index in [2.05, 4.69) is 25.8 Å². The second-order valence-electron chi connectivity index (χ2n) is 4.53. The monoisotopic (exact) mass is 274 g/mol. The van der Waals surface area contributed by atoms with Gasteiger partial charge in [0, 0.05) is 26.0 Å². The highest BCUT2D eigenvalue weighted by atomic mass is 16.2. The Morgan fingerprint density at radius 2 is 2.35 bits per heavy atom. The van der Waals surface area contributed by atoms with Gasteiger partial charge in [-0.2, -0.15) is 0 Å². The molecular weight excluding hydrogens is 256 g/mol. The first-order chi connectivity index (χ1) is 9.66. The van der Waals surface area contributed by atoms with Crippen LogP contribution in [0.15, 0.2) is 30.9 Å². The topological polar surface area (TPSA) is 84.7 Å². The van der Waals surface area contributed by atoms with Crippen LogP contribution in [0.1, 0.15) is 24.4 Å². The smallest absolute Gasteiger partial charge is 0.315 e. The van der Waals surface area contributed by atoms with Crippen molar-refractivity contribution in [2.45, 2.75) is 19.4 Å². The van der Waals surface area contributed by atoms with E-state index in [0.717, 1.165) is 12.0 Å². The van der Waals surface area contributed by atoms with Crippen LogP contribution in [0, 0.1) is 0 Å². The summed E-state index contributed by atoms with van der Waals surface area (Å²) in [5.41, 5.74) is 1.09. The van der Waals surface area contributed by atoms with Crippen molar-refractivity contribution in [2.24, 2.45) is 7.05 Å². The van der Waals surface area contributed by atoms with Gasteiger partial charge >= 0.3 is 6.03 Å². The van der Waals surface area contributed by atoms with Crippen LogP contribution in [0.2, 0.25) is 0 Å². The summed E-state index contributed by atoms with van der Waals surface area (Å²) >= 11 is 0. The third kappa shape index (κ3) is 3.78. The van der Waals surface area contributed by atoms with Crippen molar-refractivity contribution in [1.29, 1.82) is 0 Å². The minimum Gasteiger partial charge on any atom is -0.338 e. The summed E-state index contributed by atoms with van der Waals surface area (Å²) in [4.78, 5) is 15.8. The van der Waals surface area contributed by atoms with Gasteiger partial charge in [-0.05, 0) is 25.0 Å². The fraction of sp³-hybridized carbons (Fsp3) is 0.385. The lowest BCUT2D eigenvalue weighted by molar-refractivity contribution is 0.237. The number of aryl methyl sites for hydroxylation is 1. The number of urea groups is 1. The molecule has 0 aliphatic rings. The zero-order valence-electron chi connectivity index (χ0n) is 11.6. The molecule has 2 heterocycles. The Kier molecular flexibility index (Phi) is 4.65. The number of nitrogens with zero attached hydrogens (tertiary/aromatic N) is 4. The lowest BCUT2D eigenvalue weighted by atomic mass is 10.2. The van der Waals surface area contributed by atoms with E-state index in [9.17, 15) is 4.79 Å². The molecule has 1 unspecified atom stereocenters. The molecule has 106 valence electrons. The number of rotatable bonds is 5. The van der Waals surface area contributed by atoms with Crippen molar-refractivity contribution < 1.29 is 4.79 Å². The summed E-state index contributed by atoms with van der Waals surface area (Å²) in [6, 6.07) is 3.45. The molecule has 0 fully saturated rings. The molecule has 0 bridgehead atoms. The van der Waals surface area contributed by atoms with Crippen LogP contribution in [0.4, 0.5) is 4.79 Å². The van der Waals surface area contributed by atoms with Crippen LogP contribution >= 0.6 is 0 Å². The Balaban J connectivity index is 1.74. The maximum Gasteiger partial charge on any atom is 0.315 e. The highest BCUT2D eigenvalue weighted by Crippen LogP contribution is 2.06. The van der Waals surface area contributed by atoms with Crippen molar-refractivity contribution in [3.8, 4) is 0 Å². The first kappa shape index (κ1) is 14.0. The first-order valence-corrected chi connectivity index (χ1v) is 6.44. The second-order valence-corrected chi connectivity index (χ2v) is 4.53. The standard InChI is InChI=1S/C13H18N6O/c1-10(12-18-16-9-19(12)2)17-13(20)15-7-5-11-4-3-6-14-8-11/h3-4,6,8-10H,5,7H2,1-2H3,(H2,15,17,20). The van der Waals surface area contributed by atoms with Crippen molar-refractivity contribution in [3.05, 3.63) is 42.2 Å². The van der Waals surface area contributed by atoms with Crippen molar-refractivity contribution in [1.82, 2.24) is 30.4 Å². The molecule has 2 amide bonds. The normalized spacial score (nSPS) is 11.9. The van der Waals surface area contributed by atoms with Gasteiger partial charge < -0.3 is 15.2 Å². The highest BCUT2D eigenvalue weighted by molar-refractivity contribution is 5.74. The van der Waals surface area contributed by atoms with Gasteiger partial charge in [0.25, 0.3) is 0 Å². The molecule has 7 nitrogen and oxygen atoms in total. The number of amides is 2. The molecule has 7 heteroatoms. The van der Waals surface area contributed by atoms with E-state index in [1.54, 1.807) is 23.3 Å². The molecule has 0 aromatic carbocycles. The Morgan fingerprint density at radius 1 is 1.50 bits per heavy atom. The summed E-state index contributed by atoms with van der Waals surface area (Å²) < 4.78 is 1.78. The molecule has 0 saturated heterocycles. The van der Waals surface area contributed by atoms with Gasteiger partial charge in [-0.3, -0.25) is 4.98 Å². The first-order valence-electron chi connectivity index (χ1n) is 6.44. The lowest BCUT2D eigenvalue weighted by Crippen LogP contribution is -2.38. The van der Waals surface area contributed by atoms with Crippen LogP contribution in [0.3, 0.4) is 0 Å². The zero-order valence-corrected chi connectivity index (χ0v) is 11.6. The fourth-order valence-corrected chi connectivity index (χ4v) is 1.86. The predicted molar refractivity (Wildman–Crippen MR) is 73.9 cm³/mol. The fourth-order valence-electron chi connectivity index (χ4n) is 1.86. The van der Waals surface area contributed by atoms with Gasteiger partial charge in [0.15, 0.2) is 5.82 Å². The number of nitrogens with one attached hydrogen (secondary N) is 2. The largest absolute Gasteiger partial charge is 0.338 e. The molecule has 0 aliphatic carbocycles. The lowest BCUT2D eigenvalue weighted by Gasteiger charge is -2.13. The van der Waals surface area contributed by atoms with Crippen LogP contribution in [0.5, 0.6) is 0 Å². The van der Waals surface area contributed by atoms with E-state index in [4.69, 9.17) is 0 Å². The van der Waals surface area contributed by atoms with Gasteiger partial charge in [-0.15, -0.1) is 10.2 Å². The molecule has 0 saturated carbocycles. The van der Waals surface area contributed by atoms with Gasteiger partial charge in [0.2, 0.25) is 0 Å². The van der Waals surface area contributed by atoms with Crippen LogP contribution in [-0.2, 0) is 13.5 Å². The summed E-state index contributed by atoms with van der Waals surface area (Å²) in [6.07, 6.45) is 5.88. The maximum atomic E-state index is 11.8. The second kappa shape index (κ2) is 6.65. The predicted octanol–water partition coefficient (Wildman–Crippen LogP) is 0.813. The van der Waals surface area contributed by atoms with Gasteiger partial charge in [0.1, 0.15) is 6.33 Å². The molecular formula is C13H18N6O. The molecule has 2 aromatic rings. The average molecular weight is 274 g/mol. The van der Waals surface area contributed by atoms with Crippen LogP contribution in [0.25, 0.3) is 0 Å². The van der Waals surface area contributed by atoms with E-state index in [1.165, 1.54) is 0 Å². The average Bonchev–Trinajstić information content (AvgIpc) is 2.86. The van der Waals surface area contributed by atoms with E-state index in [1.807, 2.05) is 26.1 Å². The summed E-state index contributed by atoms with van der Waals surface area (Å²) in [5, 5.41) is 13.4. The van der Waals surface area contributed by atoms with Crippen molar-refractivity contribution in [2.75, 3.05) is 6.54 Å². The van der Waals surface area contributed by atoms with Gasteiger partial charge in [-0.1, -0.05) is 6.07 Å². The third-order valence-electron chi connectivity index (χ3n) is 2.90. The molecule has 0 aliphatic heterocycles. The SMILES string of the molecule is CC(NC(=O)NCCc1cccnc1)c1nncn1C. The molecule has 2 N–H and O–H groups in total.